The van der Waals surface area contributed by atoms with Gasteiger partial charge in [0.1, 0.15) is 5.75 Å². The number of nitrogens with one attached hydrogen (secondary N) is 1. The lowest BCUT2D eigenvalue weighted by Gasteiger charge is -2.14. The Kier molecular flexibility index (Phi) is 5.25. The van der Waals surface area contributed by atoms with E-state index in [1.807, 2.05) is 31.2 Å². The minimum atomic E-state index is -0.249. The number of nitrogens with zero attached hydrogens (tertiary/aromatic N) is 2. The maximum atomic E-state index is 12.1. The van der Waals surface area contributed by atoms with Crippen molar-refractivity contribution < 1.29 is 9.53 Å². The summed E-state index contributed by atoms with van der Waals surface area (Å²) in [6, 6.07) is 7.47. The van der Waals surface area contributed by atoms with Crippen molar-refractivity contribution in [2.75, 3.05) is 25.1 Å². The molecule has 1 aromatic heterocycles. The zero-order chi connectivity index (χ0) is 17.8. The molecule has 0 spiro atoms. The van der Waals surface area contributed by atoms with Gasteiger partial charge >= 0.3 is 0 Å². The van der Waals surface area contributed by atoms with Gasteiger partial charge in [-0.05, 0) is 38.5 Å². The van der Waals surface area contributed by atoms with E-state index in [1.165, 1.54) is 4.88 Å². The smallest absolute Gasteiger partial charge is 0.296 e. The summed E-state index contributed by atoms with van der Waals surface area (Å²) < 4.78 is 5.15. The molecule has 2 heterocycles. The first-order chi connectivity index (χ1) is 12.0. The summed E-state index contributed by atoms with van der Waals surface area (Å²) in [5.41, 5.74) is 1.84. The third kappa shape index (κ3) is 4.31. The van der Waals surface area contributed by atoms with Gasteiger partial charge in [0.15, 0.2) is 5.13 Å². The Morgan fingerprint density at radius 1 is 1.44 bits per heavy atom. The monoisotopic (exact) mass is 355 g/mol. The van der Waals surface area contributed by atoms with Crippen LogP contribution >= 0.6 is 11.3 Å². The van der Waals surface area contributed by atoms with Crippen molar-refractivity contribution >= 4 is 22.4 Å². The molecule has 1 aliphatic heterocycles. The Balaban J connectivity index is 1.56. The van der Waals surface area contributed by atoms with Crippen LogP contribution in [0.25, 0.3) is 0 Å². The number of aromatic nitrogens is 1. The molecular formula is C19H21N3O2S. The van der Waals surface area contributed by atoms with E-state index in [9.17, 15) is 4.79 Å². The Bertz CT molecular complexity index is 815. The van der Waals surface area contributed by atoms with Gasteiger partial charge in [0.2, 0.25) is 0 Å². The Hall–Kier alpha value is -2.52. The fourth-order valence-electron chi connectivity index (χ4n) is 2.69. The van der Waals surface area contributed by atoms with Crippen LogP contribution < -0.4 is 15.0 Å². The van der Waals surface area contributed by atoms with E-state index < -0.39 is 0 Å². The van der Waals surface area contributed by atoms with Crippen molar-refractivity contribution in [3.05, 3.63) is 40.4 Å². The Labute approximate surface area is 152 Å². The number of hydrogen-bond donors (Lipinski definition) is 1. The van der Waals surface area contributed by atoms with E-state index in [1.54, 1.807) is 18.4 Å². The molecule has 1 unspecified atom stereocenters. The minimum absolute atomic E-state index is 0.108. The molecule has 130 valence electrons. The molecule has 1 aromatic carbocycles. The molecule has 5 nitrogen and oxygen atoms in total. The fraction of sp³-hybridized carbons (Fsp3) is 0.368. The minimum Gasteiger partial charge on any atom is -0.497 e. The molecule has 1 atom stereocenters. The molecule has 1 saturated heterocycles. The first kappa shape index (κ1) is 17.3. The number of hydrogen-bond acceptors (Lipinski definition) is 5. The molecule has 1 aliphatic rings. The highest BCUT2D eigenvalue weighted by Gasteiger charge is 2.25. The molecule has 1 N–H and O–H groups in total. The van der Waals surface area contributed by atoms with E-state index in [4.69, 9.17) is 4.74 Å². The predicted octanol–water partition coefficient (Wildman–Crippen LogP) is 2.52. The number of aryl methyl sites for hydroxylation is 2. The van der Waals surface area contributed by atoms with Crippen molar-refractivity contribution in [2.45, 2.75) is 26.3 Å². The number of rotatable bonds is 3. The molecule has 2 aromatic rings. The summed E-state index contributed by atoms with van der Waals surface area (Å²) in [6.45, 7) is 5.79. The standard InChI is InChI=1S/C19H21N3O2S/c1-13-14(2)25-19(20-13)22-10-9-16(12-22)21-18(23)8-7-15-5-4-6-17(11-15)24-3/h4-6,11,16H,9-10,12H2,1-3H3,(H,21,23). The highest BCUT2D eigenvalue weighted by atomic mass is 32.1. The van der Waals surface area contributed by atoms with E-state index in [2.05, 4.69) is 34.0 Å². The van der Waals surface area contributed by atoms with E-state index >= 15 is 0 Å². The maximum absolute atomic E-state index is 12.1. The molecule has 0 saturated carbocycles. The van der Waals surface area contributed by atoms with Gasteiger partial charge in [-0.1, -0.05) is 12.0 Å². The number of methoxy groups -OCH3 is 1. The lowest BCUT2D eigenvalue weighted by molar-refractivity contribution is -0.116. The van der Waals surface area contributed by atoms with Crippen LogP contribution in [0.15, 0.2) is 24.3 Å². The zero-order valence-electron chi connectivity index (χ0n) is 14.6. The molecule has 0 radical (unpaired) electrons. The van der Waals surface area contributed by atoms with Gasteiger partial charge in [0, 0.05) is 35.5 Å². The van der Waals surface area contributed by atoms with E-state index in [0.29, 0.717) is 0 Å². The second-order valence-electron chi connectivity index (χ2n) is 6.03. The van der Waals surface area contributed by atoms with Crippen LogP contribution in [-0.2, 0) is 4.79 Å². The van der Waals surface area contributed by atoms with Crippen LogP contribution in [-0.4, -0.2) is 37.1 Å². The second kappa shape index (κ2) is 7.58. The normalized spacial score (nSPS) is 16.3. The third-order valence-corrected chi connectivity index (χ3v) is 5.33. The third-order valence-electron chi connectivity index (χ3n) is 4.20. The molecule has 3 rings (SSSR count). The van der Waals surface area contributed by atoms with Crippen molar-refractivity contribution in [2.24, 2.45) is 0 Å². The van der Waals surface area contributed by atoms with Crippen molar-refractivity contribution in [3.8, 4) is 17.6 Å². The summed E-state index contributed by atoms with van der Waals surface area (Å²) in [7, 11) is 1.61. The zero-order valence-corrected chi connectivity index (χ0v) is 15.4. The summed E-state index contributed by atoms with van der Waals surface area (Å²) >= 11 is 1.71. The number of ether oxygens (including phenoxy) is 1. The number of benzene rings is 1. The van der Waals surface area contributed by atoms with Gasteiger partial charge < -0.3 is 15.0 Å². The van der Waals surface area contributed by atoms with Gasteiger partial charge in [0.05, 0.1) is 12.8 Å². The lowest BCUT2D eigenvalue weighted by Crippen LogP contribution is -2.36. The Morgan fingerprint density at radius 2 is 2.28 bits per heavy atom. The van der Waals surface area contributed by atoms with Crippen molar-refractivity contribution in [1.29, 1.82) is 0 Å². The van der Waals surface area contributed by atoms with Crippen molar-refractivity contribution in [3.63, 3.8) is 0 Å². The van der Waals surface area contributed by atoms with Crippen LogP contribution in [0.2, 0.25) is 0 Å². The molecular weight excluding hydrogens is 334 g/mol. The maximum Gasteiger partial charge on any atom is 0.296 e. The highest BCUT2D eigenvalue weighted by molar-refractivity contribution is 7.15. The quantitative estimate of drug-likeness (QED) is 0.860. The van der Waals surface area contributed by atoms with Crippen LogP contribution in [0.1, 0.15) is 22.6 Å². The summed E-state index contributed by atoms with van der Waals surface area (Å²) in [6.07, 6.45) is 0.907. The van der Waals surface area contributed by atoms with Gasteiger partial charge in [-0.25, -0.2) is 4.98 Å². The average molecular weight is 355 g/mol. The van der Waals surface area contributed by atoms with Gasteiger partial charge in [-0.2, -0.15) is 0 Å². The molecule has 0 bridgehead atoms. The first-order valence-corrected chi connectivity index (χ1v) is 9.02. The summed E-state index contributed by atoms with van der Waals surface area (Å²) in [5.74, 6) is 6.02. The SMILES string of the molecule is COc1cccc(C#CC(=O)NC2CCN(c3nc(C)c(C)s3)C2)c1. The molecule has 6 heteroatoms. The number of amides is 1. The average Bonchev–Trinajstić information content (AvgIpc) is 3.20. The van der Waals surface area contributed by atoms with Crippen LogP contribution in [0.3, 0.4) is 0 Å². The first-order valence-electron chi connectivity index (χ1n) is 8.20. The highest BCUT2D eigenvalue weighted by Crippen LogP contribution is 2.27. The number of carbonyl (C=O) groups is 1. The van der Waals surface area contributed by atoms with Gasteiger partial charge in [0.25, 0.3) is 5.91 Å². The Morgan fingerprint density at radius 3 is 3.00 bits per heavy atom. The van der Waals surface area contributed by atoms with Crippen LogP contribution in [0, 0.1) is 25.7 Å². The predicted molar refractivity (Wildman–Crippen MR) is 100 cm³/mol. The summed E-state index contributed by atoms with van der Waals surface area (Å²) in [4.78, 5) is 20.1. The molecule has 0 aliphatic carbocycles. The van der Waals surface area contributed by atoms with E-state index in [-0.39, 0.29) is 11.9 Å². The topological polar surface area (TPSA) is 54.5 Å². The molecule has 1 fully saturated rings. The molecule has 1 amide bonds. The largest absolute Gasteiger partial charge is 0.497 e. The molecule has 25 heavy (non-hydrogen) atoms. The lowest BCUT2D eigenvalue weighted by atomic mass is 10.2. The van der Waals surface area contributed by atoms with Crippen LogP contribution in [0.5, 0.6) is 5.75 Å². The van der Waals surface area contributed by atoms with Gasteiger partial charge in [-0.3, -0.25) is 4.79 Å². The van der Waals surface area contributed by atoms with Crippen LogP contribution in [0.4, 0.5) is 5.13 Å². The van der Waals surface area contributed by atoms with Crippen molar-refractivity contribution in [1.82, 2.24) is 10.3 Å². The summed E-state index contributed by atoms with van der Waals surface area (Å²) in [5, 5.41) is 4.03. The fourth-order valence-corrected chi connectivity index (χ4v) is 3.64. The number of thiazole rings is 1. The van der Waals surface area contributed by atoms with E-state index in [0.717, 1.165) is 41.6 Å². The second-order valence-corrected chi connectivity index (χ2v) is 7.21. The van der Waals surface area contributed by atoms with Gasteiger partial charge in [-0.15, -0.1) is 11.3 Å². The number of anilines is 1. The number of carbonyl (C=O) groups excluding carboxylic acids is 1.